The molecule has 0 aliphatic heterocycles. The van der Waals surface area contributed by atoms with Crippen LogP contribution in [0.25, 0.3) is 0 Å². The van der Waals surface area contributed by atoms with Crippen LogP contribution in [0, 0.1) is 0 Å². The molecule has 0 radical (unpaired) electrons. The highest BCUT2D eigenvalue weighted by molar-refractivity contribution is 7.97. The van der Waals surface area contributed by atoms with E-state index in [-0.39, 0.29) is 0 Å². The fraction of sp³-hybridized carbons (Fsp3) is 1.00. The minimum atomic E-state index is -1.72. The van der Waals surface area contributed by atoms with E-state index in [0.29, 0.717) is 0 Å². The zero-order valence-corrected chi connectivity index (χ0v) is 22.2. The summed E-state index contributed by atoms with van der Waals surface area (Å²) in [5.74, 6) is 1.24. The first kappa shape index (κ1) is 22.4. The molecule has 0 aliphatic carbocycles. The molecule has 0 bridgehead atoms. The summed E-state index contributed by atoms with van der Waals surface area (Å²) in [6.07, 6.45) is -1.72. The van der Waals surface area contributed by atoms with Gasteiger partial charge in [-0.3, -0.25) is 0 Å². The standard InChI is InChI=1S/C14H39ClNPSi4/c1-18(2,3)13-17(15,16-21(10,11)12)14(19(4,5)6)20(7,8)9/h14H,13H2,1-12H3. The van der Waals surface area contributed by atoms with Gasteiger partial charge in [0.2, 0.25) is 0 Å². The predicted molar refractivity (Wildman–Crippen MR) is 117 cm³/mol. The van der Waals surface area contributed by atoms with E-state index >= 15 is 0 Å². The van der Waals surface area contributed by atoms with Crippen molar-refractivity contribution in [2.75, 3.05) is 5.79 Å². The third-order valence-corrected chi connectivity index (χ3v) is 32.3. The molecular weight excluding hydrogens is 361 g/mol. The van der Waals surface area contributed by atoms with Gasteiger partial charge in [0.1, 0.15) is 0 Å². The molecule has 1 nitrogen and oxygen atoms in total. The van der Waals surface area contributed by atoms with Crippen molar-refractivity contribution in [1.29, 1.82) is 0 Å². The zero-order chi connectivity index (χ0) is 17.5. The molecule has 0 N–H and O–H groups in total. The summed E-state index contributed by atoms with van der Waals surface area (Å²) in [4.78, 5) is 0.748. The highest BCUT2D eigenvalue weighted by Gasteiger charge is 2.48. The normalized spacial score (nSPS) is 17.8. The Bertz CT molecular complexity index is 397. The fourth-order valence-electron chi connectivity index (χ4n) is 3.83. The van der Waals surface area contributed by atoms with E-state index in [2.05, 4.69) is 78.6 Å². The third-order valence-electron chi connectivity index (χ3n) is 3.20. The maximum absolute atomic E-state index is 7.53. The molecule has 0 fully saturated rings. The van der Waals surface area contributed by atoms with Gasteiger partial charge in [0.15, 0.2) is 8.24 Å². The largest absolute Gasteiger partial charge is 0.324 e. The Labute approximate surface area is 143 Å². The van der Waals surface area contributed by atoms with Crippen molar-refractivity contribution in [3.63, 3.8) is 0 Å². The Morgan fingerprint density at radius 2 is 1.10 bits per heavy atom. The van der Waals surface area contributed by atoms with E-state index in [1.54, 1.807) is 0 Å². The fourth-order valence-corrected chi connectivity index (χ4v) is 48.4. The lowest BCUT2D eigenvalue weighted by molar-refractivity contribution is 1.42. The molecule has 7 heteroatoms. The molecule has 0 aromatic carbocycles. The van der Waals surface area contributed by atoms with E-state index in [4.69, 9.17) is 15.7 Å². The average Bonchev–Trinajstić information content (AvgIpc) is 1.83. The van der Waals surface area contributed by atoms with Gasteiger partial charge in [-0.25, -0.2) is 0 Å². The molecule has 0 saturated heterocycles. The second-order valence-corrected chi connectivity index (χ2v) is 38.3. The molecule has 0 rings (SSSR count). The Balaban J connectivity index is 6.30. The molecule has 0 saturated carbocycles. The van der Waals surface area contributed by atoms with E-state index in [9.17, 15) is 0 Å². The maximum atomic E-state index is 7.53. The summed E-state index contributed by atoms with van der Waals surface area (Å²) in [5.41, 5.74) is 0. The highest BCUT2D eigenvalue weighted by atomic mass is 35.7. The lowest BCUT2D eigenvalue weighted by atomic mass is 11.7. The molecule has 0 aliphatic rings. The van der Waals surface area contributed by atoms with Crippen molar-refractivity contribution >= 4 is 50.1 Å². The topological polar surface area (TPSA) is 12.4 Å². The molecule has 1 unspecified atom stereocenters. The molecule has 0 aromatic rings. The first-order chi connectivity index (χ1) is 8.78. The maximum Gasteiger partial charge on any atom is 0.171 e. The van der Waals surface area contributed by atoms with Gasteiger partial charge >= 0.3 is 0 Å². The Kier molecular flexibility index (Phi) is 7.16. The smallest absolute Gasteiger partial charge is 0.171 e. The Morgan fingerprint density at radius 3 is 1.29 bits per heavy atom. The van der Waals surface area contributed by atoms with Gasteiger partial charge in [-0.05, 0) is 10.7 Å². The molecule has 0 spiro atoms. The van der Waals surface area contributed by atoms with E-state index in [0.717, 1.165) is 4.91 Å². The van der Waals surface area contributed by atoms with Crippen molar-refractivity contribution in [2.24, 2.45) is 4.41 Å². The van der Waals surface area contributed by atoms with Crippen LogP contribution in [0.5, 0.6) is 0 Å². The summed E-state index contributed by atoms with van der Waals surface area (Å²) in [7, 11) is -5.38. The van der Waals surface area contributed by atoms with Crippen LogP contribution in [0.15, 0.2) is 4.41 Å². The van der Waals surface area contributed by atoms with Crippen molar-refractivity contribution in [3.8, 4) is 0 Å². The molecule has 0 aromatic heterocycles. The summed E-state index contributed by atoms with van der Waals surface area (Å²) >= 11 is 7.53. The first-order valence-electron chi connectivity index (χ1n) is 8.10. The van der Waals surface area contributed by atoms with Crippen LogP contribution in [-0.2, 0) is 0 Å². The van der Waals surface area contributed by atoms with Crippen LogP contribution in [0.1, 0.15) is 0 Å². The molecule has 1 atom stereocenters. The average molecular weight is 400 g/mol. The highest BCUT2D eigenvalue weighted by Crippen LogP contribution is 2.66. The molecule has 128 valence electrons. The van der Waals surface area contributed by atoms with Crippen LogP contribution in [0.3, 0.4) is 0 Å². The van der Waals surface area contributed by atoms with E-state index in [1.807, 2.05) is 0 Å². The SMILES string of the molecule is C[Si](C)(C)CP(Cl)(=N[Si](C)(C)C)C([Si](C)(C)C)[Si](C)(C)C. The molecular formula is C14H39ClNPSi4. The lowest BCUT2D eigenvalue weighted by Gasteiger charge is -2.46. The van der Waals surface area contributed by atoms with Crippen molar-refractivity contribution in [3.05, 3.63) is 0 Å². The van der Waals surface area contributed by atoms with Gasteiger partial charge in [-0.15, -0.1) is 0 Å². The Morgan fingerprint density at radius 1 is 0.762 bits per heavy atom. The molecule has 0 heterocycles. The van der Waals surface area contributed by atoms with Crippen molar-refractivity contribution in [2.45, 2.75) is 83.5 Å². The van der Waals surface area contributed by atoms with Crippen LogP contribution >= 0.6 is 17.6 Å². The zero-order valence-electron chi connectivity index (χ0n) is 16.6. The van der Waals surface area contributed by atoms with Gasteiger partial charge in [0.05, 0.1) is 24.2 Å². The monoisotopic (exact) mass is 399 g/mol. The van der Waals surface area contributed by atoms with E-state index in [1.165, 1.54) is 5.79 Å². The summed E-state index contributed by atoms with van der Waals surface area (Å²) in [5, 5.41) is 0. The van der Waals surface area contributed by atoms with Crippen LogP contribution < -0.4 is 0 Å². The first-order valence-corrected chi connectivity index (χ1v) is 25.3. The van der Waals surface area contributed by atoms with Gasteiger partial charge in [0.25, 0.3) is 0 Å². The summed E-state index contributed by atoms with van der Waals surface area (Å²) in [6.45, 7) is 29.6. The second kappa shape index (κ2) is 6.71. The third kappa shape index (κ3) is 8.16. The van der Waals surface area contributed by atoms with Crippen molar-refractivity contribution in [1.82, 2.24) is 0 Å². The van der Waals surface area contributed by atoms with Crippen molar-refractivity contribution < 1.29 is 0 Å². The summed E-state index contributed by atoms with van der Waals surface area (Å²) in [6, 6.07) is 0. The minimum Gasteiger partial charge on any atom is -0.324 e. The van der Waals surface area contributed by atoms with Crippen LogP contribution in [0.4, 0.5) is 0 Å². The van der Waals surface area contributed by atoms with Gasteiger partial charge in [0, 0.05) is 6.41 Å². The molecule has 21 heavy (non-hydrogen) atoms. The van der Waals surface area contributed by atoms with Crippen LogP contribution in [0.2, 0.25) is 78.6 Å². The number of nitrogens with zero attached hydrogens (tertiary/aromatic N) is 1. The van der Waals surface area contributed by atoms with E-state index < -0.39 is 38.9 Å². The number of hydrogen-bond acceptors (Lipinski definition) is 1. The lowest BCUT2D eigenvalue weighted by Crippen LogP contribution is -2.54. The second-order valence-electron chi connectivity index (χ2n) is 10.9. The number of hydrogen-bond donors (Lipinski definition) is 0. The van der Waals surface area contributed by atoms with Gasteiger partial charge in [-0.2, -0.15) is 0 Å². The van der Waals surface area contributed by atoms with Crippen LogP contribution in [-0.4, -0.2) is 43.1 Å². The summed E-state index contributed by atoms with van der Waals surface area (Å²) < 4.78 is 5.48. The van der Waals surface area contributed by atoms with Gasteiger partial charge < -0.3 is 4.41 Å². The Hall–Kier alpha value is 1.39. The van der Waals surface area contributed by atoms with Gasteiger partial charge in [-0.1, -0.05) is 89.8 Å². The predicted octanol–water partition coefficient (Wildman–Crippen LogP) is 7.18. The quantitative estimate of drug-likeness (QED) is 0.331. The number of halogens is 1. The number of rotatable bonds is 6. The molecule has 0 amide bonds. The minimum absolute atomic E-state index is 0.748.